The number of nitrogens with zero attached hydrogens (tertiary/aromatic N) is 1. The van der Waals surface area contributed by atoms with E-state index in [-0.39, 0.29) is 26.9 Å². The zero-order chi connectivity index (χ0) is 28.4. The SMILES string of the molecule is COc1ccc(S(=O)(=O)Nc2ccc(S(=O)(=O)Nc3ccc(C)c(C)c3)cc2)cc1C(=O)N1CCC(C)CC1. The number of piperidine rings is 1. The second-order valence-electron chi connectivity index (χ2n) is 9.87. The Labute approximate surface area is 230 Å². The number of hydrogen-bond acceptors (Lipinski definition) is 6. The van der Waals surface area contributed by atoms with Gasteiger partial charge >= 0.3 is 0 Å². The zero-order valence-electron chi connectivity index (χ0n) is 22.4. The first kappa shape index (κ1) is 28.4. The quantitative estimate of drug-likeness (QED) is 0.401. The van der Waals surface area contributed by atoms with Crippen LogP contribution in [0, 0.1) is 19.8 Å². The van der Waals surface area contributed by atoms with Crippen LogP contribution < -0.4 is 14.2 Å². The van der Waals surface area contributed by atoms with Crippen molar-refractivity contribution in [2.75, 3.05) is 29.6 Å². The summed E-state index contributed by atoms with van der Waals surface area (Å²) in [6, 6.07) is 14.8. The predicted octanol–water partition coefficient (Wildman–Crippen LogP) is 4.79. The lowest BCUT2D eigenvalue weighted by Gasteiger charge is -2.30. The van der Waals surface area contributed by atoms with Gasteiger partial charge in [-0.2, -0.15) is 0 Å². The van der Waals surface area contributed by atoms with Crippen molar-refractivity contribution in [1.29, 1.82) is 0 Å². The number of rotatable bonds is 8. The van der Waals surface area contributed by atoms with Crippen LogP contribution in [0.4, 0.5) is 11.4 Å². The topological polar surface area (TPSA) is 122 Å². The number of amides is 1. The minimum absolute atomic E-state index is 0.0168. The highest BCUT2D eigenvalue weighted by Gasteiger charge is 2.26. The largest absolute Gasteiger partial charge is 0.496 e. The summed E-state index contributed by atoms with van der Waals surface area (Å²) in [7, 11) is -6.53. The second kappa shape index (κ2) is 11.3. The van der Waals surface area contributed by atoms with Crippen LogP contribution in [0.5, 0.6) is 5.75 Å². The molecule has 0 bridgehead atoms. The fourth-order valence-corrected chi connectivity index (χ4v) is 6.47. The van der Waals surface area contributed by atoms with Crippen LogP contribution in [0.15, 0.2) is 70.5 Å². The van der Waals surface area contributed by atoms with Gasteiger partial charge in [0.15, 0.2) is 0 Å². The van der Waals surface area contributed by atoms with E-state index in [0.29, 0.717) is 30.4 Å². The summed E-state index contributed by atoms with van der Waals surface area (Å²) in [5.41, 5.74) is 2.78. The maximum Gasteiger partial charge on any atom is 0.261 e. The first-order chi connectivity index (χ1) is 18.4. The van der Waals surface area contributed by atoms with Crippen LogP contribution >= 0.6 is 0 Å². The van der Waals surface area contributed by atoms with Crippen molar-refractivity contribution in [1.82, 2.24) is 4.90 Å². The molecule has 1 aliphatic heterocycles. The van der Waals surface area contributed by atoms with Crippen molar-refractivity contribution in [2.45, 2.75) is 43.4 Å². The Hall–Kier alpha value is -3.57. The molecule has 208 valence electrons. The average molecular weight is 572 g/mol. The van der Waals surface area contributed by atoms with Crippen LogP contribution in [0.1, 0.15) is 41.3 Å². The van der Waals surface area contributed by atoms with Crippen molar-refractivity contribution in [3.05, 3.63) is 77.4 Å². The summed E-state index contributed by atoms with van der Waals surface area (Å²) >= 11 is 0. The Morgan fingerprint density at radius 3 is 1.97 bits per heavy atom. The minimum Gasteiger partial charge on any atom is -0.496 e. The summed E-state index contributed by atoms with van der Waals surface area (Å²) in [6.45, 7) is 7.18. The van der Waals surface area contributed by atoms with Crippen molar-refractivity contribution in [3.63, 3.8) is 0 Å². The van der Waals surface area contributed by atoms with Gasteiger partial charge in [-0.15, -0.1) is 0 Å². The number of aryl methyl sites for hydroxylation is 2. The number of anilines is 2. The summed E-state index contributed by atoms with van der Waals surface area (Å²) in [4.78, 5) is 14.8. The van der Waals surface area contributed by atoms with E-state index in [2.05, 4.69) is 16.4 Å². The molecule has 0 aliphatic carbocycles. The van der Waals surface area contributed by atoms with Gasteiger partial charge in [0.2, 0.25) is 0 Å². The maximum atomic E-state index is 13.2. The van der Waals surface area contributed by atoms with E-state index in [1.54, 1.807) is 17.0 Å². The standard InChI is InChI=1S/C28H33N3O6S2/c1-19-13-15-31(16-14-19)28(32)26-18-25(11-12-27(26)37-4)39(35,36)29-22-7-9-24(10-8-22)38(33,34)30-23-6-5-20(2)21(3)17-23/h5-12,17-19,29-30H,13-16H2,1-4H3. The molecule has 2 N–H and O–H groups in total. The summed E-state index contributed by atoms with van der Waals surface area (Å²) in [5, 5.41) is 0. The number of methoxy groups -OCH3 is 1. The Morgan fingerprint density at radius 2 is 1.36 bits per heavy atom. The fraction of sp³-hybridized carbons (Fsp3) is 0.321. The molecule has 0 atom stereocenters. The Bertz CT molecular complexity index is 1580. The van der Waals surface area contributed by atoms with Crippen molar-refractivity contribution >= 4 is 37.3 Å². The molecule has 1 aliphatic rings. The number of likely N-dealkylation sites (tertiary alicyclic amines) is 1. The van der Waals surface area contributed by atoms with Gasteiger partial charge in [-0.05, 0) is 98.3 Å². The van der Waals surface area contributed by atoms with E-state index in [1.165, 1.54) is 49.6 Å². The monoisotopic (exact) mass is 571 g/mol. The van der Waals surface area contributed by atoms with Crippen LogP contribution in [0.3, 0.4) is 0 Å². The van der Waals surface area contributed by atoms with Gasteiger partial charge in [0.25, 0.3) is 26.0 Å². The molecule has 4 rings (SSSR count). The highest BCUT2D eigenvalue weighted by molar-refractivity contribution is 7.93. The molecule has 0 unspecified atom stereocenters. The summed E-state index contributed by atoms with van der Waals surface area (Å²) < 4.78 is 62.3. The third kappa shape index (κ3) is 6.54. The molecule has 0 radical (unpaired) electrons. The maximum absolute atomic E-state index is 13.2. The number of nitrogens with one attached hydrogen (secondary N) is 2. The van der Waals surface area contributed by atoms with Crippen LogP contribution in [0.2, 0.25) is 0 Å². The molecule has 1 saturated heterocycles. The lowest BCUT2D eigenvalue weighted by molar-refractivity contribution is 0.0693. The van der Waals surface area contributed by atoms with Crippen LogP contribution in [0.25, 0.3) is 0 Å². The number of hydrogen-bond donors (Lipinski definition) is 2. The lowest BCUT2D eigenvalue weighted by atomic mass is 9.98. The highest BCUT2D eigenvalue weighted by Crippen LogP contribution is 2.28. The lowest BCUT2D eigenvalue weighted by Crippen LogP contribution is -2.38. The molecule has 9 nitrogen and oxygen atoms in total. The molecule has 39 heavy (non-hydrogen) atoms. The van der Waals surface area contributed by atoms with E-state index < -0.39 is 20.0 Å². The van der Waals surface area contributed by atoms with Gasteiger partial charge in [-0.3, -0.25) is 14.2 Å². The highest BCUT2D eigenvalue weighted by atomic mass is 32.2. The summed E-state index contributed by atoms with van der Waals surface area (Å²) in [5.74, 6) is 0.556. The van der Waals surface area contributed by atoms with E-state index in [1.807, 2.05) is 19.9 Å². The molecule has 0 aromatic heterocycles. The molecular formula is C28H33N3O6S2. The molecule has 0 spiro atoms. The molecular weight excluding hydrogens is 538 g/mol. The number of carbonyl (C=O) groups excluding carboxylic acids is 1. The number of carbonyl (C=O) groups is 1. The Balaban J connectivity index is 1.52. The van der Waals surface area contributed by atoms with E-state index in [9.17, 15) is 21.6 Å². The number of benzene rings is 3. The summed E-state index contributed by atoms with van der Waals surface area (Å²) in [6.07, 6.45) is 1.78. The first-order valence-corrected chi connectivity index (χ1v) is 15.6. The number of ether oxygens (including phenoxy) is 1. The van der Waals surface area contributed by atoms with Crippen LogP contribution in [-0.4, -0.2) is 47.8 Å². The zero-order valence-corrected chi connectivity index (χ0v) is 24.0. The molecule has 3 aromatic rings. The Kier molecular flexibility index (Phi) is 8.22. The minimum atomic E-state index is -4.08. The predicted molar refractivity (Wildman–Crippen MR) is 151 cm³/mol. The van der Waals surface area contributed by atoms with Crippen molar-refractivity contribution < 1.29 is 26.4 Å². The van der Waals surface area contributed by atoms with Gasteiger partial charge < -0.3 is 9.64 Å². The molecule has 1 fully saturated rings. The molecule has 1 heterocycles. The molecule has 0 saturated carbocycles. The van der Waals surface area contributed by atoms with E-state index in [4.69, 9.17) is 4.74 Å². The van der Waals surface area contributed by atoms with E-state index >= 15 is 0 Å². The smallest absolute Gasteiger partial charge is 0.261 e. The normalized spacial score (nSPS) is 14.6. The van der Waals surface area contributed by atoms with Gasteiger partial charge in [0, 0.05) is 24.5 Å². The second-order valence-corrected chi connectivity index (χ2v) is 13.2. The van der Waals surface area contributed by atoms with Gasteiger partial charge in [-0.25, -0.2) is 16.8 Å². The van der Waals surface area contributed by atoms with Gasteiger partial charge in [-0.1, -0.05) is 13.0 Å². The Morgan fingerprint density at radius 1 is 0.795 bits per heavy atom. The van der Waals surface area contributed by atoms with Gasteiger partial charge in [0.1, 0.15) is 5.75 Å². The third-order valence-corrected chi connectivity index (χ3v) is 9.73. The fourth-order valence-electron chi connectivity index (χ4n) is 4.34. The molecule has 3 aromatic carbocycles. The first-order valence-electron chi connectivity index (χ1n) is 12.6. The third-order valence-electron chi connectivity index (χ3n) is 6.96. The average Bonchev–Trinajstić information content (AvgIpc) is 2.90. The van der Waals surface area contributed by atoms with Crippen molar-refractivity contribution in [3.8, 4) is 5.75 Å². The number of sulfonamides is 2. The van der Waals surface area contributed by atoms with E-state index in [0.717, 1.165) is 24.0 Å². The molecule has 1 amide bonds. The molecule has 11 heteroatoms. The van der Waals surface area contributed by atoms with Gasteiger partial charge in [0.05, 0.1) is 22.5 Å². The van der Waals surface area contributed by atoms with Crippen LogP contribution in [-0.2, 0) is 20.0 Å². The van der Waals surface area contributed by atoms with Crippen molar-refractivity contribution in [2.24, 2.45) is 5.92 Å².